The number of piperidine rings is 1. The molecule has 1 aliphatic heterocycles. The Hall–Kier alpha value is -3.44. The Morgan fingerprint density at radius 1 is 1.17 bits per heavy atom. The molecule has 1 fully saturated rings. The van der Waals surface area contributed by atoms with E-state index < -0.39 is 0 Å². The van der Waals surface area contributed by atoms with E-state index in [9.17, 15) is 0 Å². The van der Waals surface area contributed by atoms with Crippen molar-refractivity contribution < 1.29 is 4.74 Å². The van der Waals surface area contributed by atoms with Crippen LogP contribution in [0, 0.1) is 17.2 Å². The zero-order valence-corrected chi connectivity index (χ0v) is 16.3. The van der Waals surface area contributed by atoms with Gasteiger partial charge in [-0.1, -0.05) is 6.07 Å². The van der Waals surface area contributed by atoms with E-state index in [1.165, 1.54) is 30.8 Å². The highest BCUT2D eigenvalue weighted by atomic mass is 16.5. The fourth-order valence-corrected chi connectivity index (χ4v) is 3.61. The van der Waals surface area contributed by atoms with Crippen LogP contribution in [0.2, 0.25) is 0 Å². The van der Waals surface area contributed by atoms with Crippen molar-refractivity contribution >= 4 is 11.6 Å². The predicted molar refractivity (Wildman–Crippen MR) is 110 cm³/mol. The van der Waals surface area contributed by atoms with Gasteiger partial charge in [0.15, 0.2) is 11.5 Å². The highest BCUT2D eigenvalue weighted by molar-refractivity contribution is 5.71. The second-order valence-electron chi connectivity index (χ2n) is 7.12. The van der Waals surface area contributed by atoms with E-state index in [1.54, 1.807) is 7.11 Å². The topological polar surface area (TPSA) is 112 Å². The lowest BCUT2D eigenvalue weighted by molar-refractivity contribution is 0.371. The summed E-state index contributed by atoms with van der Waals surface area (Å²) in [5, 5.41) is 22.6. The third-order valence-electron chi connectivity index (χ3n) is 5.14. The zero-order chi connectivity index (χ0) is 20.1. The Bertz CT molecular complexity index is 1000. The van der Waals surface area contributed by atoms with Crippen LogP contribution in [0.15, 0.2) is 36.7 Å². The summed E-state index contributed by atoms with van der Waals surface area (Å²) in [6.45, 7) is 2.21. The second-order valence-corrected chi connectivity index (χ2v) is 7.12. The average molecular weight is 389 g/mol. The van der Waals surface area contributed by atoms with Gasteiger partial charge in [-0.05, 0) is 56.0 Å². The summed E-state index contributed by atoms with van der Waals surface area (Å²) in [5.74, 6) is 2.68. The molecule has 3 heterocycles. The highest BCUT2D eigenvalue weighted by Crippen LogP contribution is 2.32. The second kappa shape index (κ2) is 8.71. The molecule has 0 radical (unpaired) electrons. The quantitative estimate of drug-likeness (QED) is 0.594. The molecule has 1 aliphatic rings. The van der Waals surface area contributed by atoms with Gasteiger partial charge in [0.2, 0.25) is 0 Å². The third kappa shape index (κ3) is 4.52. The van der Waals surface area contributed by atoms with Crippen molar-refractivity contribution in [2.75, 3.05) is 25.5 Å². The van der Waals surface area contributed by atoms with E-state index in [2.05, 4.69) is 49.0 Å². The molecule has 8 nitrogen and oxygen atoms in total. The van der Waals surface area contributed by atoms with Gasteiger partial charge in [0.05, 0.1) is 25.2 Å². The lowest BCUT2D eigenvalue weighted by atomic mass is 9.90. The van der Waals surface area contributed by atoms with Crippen molar-refractivity contribution in [3.05, 3.63) is 47.9 Å². The van der Waals surface area contributed by atoms with Crippen molar-refractivity contribution in [1.29, 1.82) is 5.26 Å². The van der Waals surface area contributed by atoms with Gasteiger partial charge in [0.25, 0.3) is 0 Å². The molecule has 2 aromatic heterocycles. The Labute approximate surface area is 169 Å². The van der Waals surface area contributed by atoms with Crippen LogP contribution >= 0.6 is 0 Å². The van der Waals surface area contributed by atoms with Gasteiger partial charge in [0, 0.05) is 11.6 Å². The molecule has 0 spiro atoms. The molecule has 1 aromatic carbocycles. The first-order valence-electron chi connectivity index (χ1n) is 9.67. The number of nitrogens with zero attached hydrogens (tertiary/aromatic N) is 4. The van der Waals surface area contributed by atoms with Crippen LogP contribution in [0.4, 0.5) is 11.6 Å². The van der Waals surface area contributed by atoms with Crippen LogP contribution in [0.25, 0.3) is 11.3 Å². The molecule has 4 rings (SSSR count). The summed E-state index contributed by atoms with van der Waals surface area (Å²) in [7, 11) is 1.69. The minimum atomic E-state index is 0.271. The smallest absolute Gasteiger partial charge is 0.158 e. The van der Waals surface area contributed by atoms with Gasteiger partial charge in [-0.2, -0.15) is 10.4 Å². The molecule has 0 saturated carbocycles. The fraction of sp³-hybridized carbons (Fsp3) is 0.333. The summed E-state index contributed by atoms with van der Waals surface area (Å²) in [4.78, 5) is 8.14. The average Bonchev–Trinajstić information content (AvgIpc) is 3.23. The maximum atomic E-state index is 8.80. The lowest BCUT2D eigenvalue weighted by Gasteiger charge is -2.22. The number of hydrogen-bond donors (Lipinski definition) is 3. The SMILES string of the molecule is COc1cc(CC2CCNCC2)ccc1-c1cc(Nc2cnc(C#N)cn2)n[nH]1. The normalized spacial score (nSPS) is 14.3. The van der Waals surface area contributed by atoms with Gasteiger partial charge < -0.3 is 15.4 Å². The minimum absolute atomic E-state index is 0.271. The molecule has 0 atom stereocenters. The van der Waals surface area contributed by atoms with Crippen LogP contribution in [-0.2, 0) is 6.42 Å². The van der Waals surface area contributed by atoms with Gasteiger partial charge in [-0.25, -0.2) is 9.97 Å². The number of methoxy groups -OCH3 is 1. The van der Waals surface area contributed by atoms with E-state index in [-0.39, 0.29) is 5.69 Å². The first-order valence-corrected chi connectivity index (χ1v) is 9.67. The molecule has 0 aliphatic carbocycles. The summed E-state index contributed by atoms with van der Waals surface area (Å²) in [6.07, 6.45) is 6.43. The molecule has 148 valence electrons. The van der Waals surface area contributed by atoms with E-state index in [0.717, 1.165) is 42.4 Å². The lowest BCUT2D eigenvalue weighted by Crippen LogP contribution is -2.28. The van der Waals surface area contributed by atoms with Crippen LogP contribution in [0.5, 0.6) is 5.75 Å². The van der Waals surface area contributed by atoms with Gasteiger partial charge in [0.1, 0.15) is 17.6 Å². The van der Waals surface area contributed by atoms with Gasteiger partial charge >= 0.3 is 0 Å². The first kappa shape index (κ1) is 18.9. The number of ether oxygens (including phenoxy) is 1. The van der Waals surface area contributed by atoms with Crippen LogP contribution in [-0.4, -0.2) is 40.4 Å². The van der Waals surface area contributed by atoms with E-state index in [1.807, 2.05) is 12.1 Å². The third-order valence-corrected chi connectivity index (χ3v) is 5.14. The molecule has 0 unspecified atom stereocenters. The molecule has 1 saturated heterocycles. The van der Waals surface area contributed by atoms with Gasteiger partial charge in [-0.15, -0.1) is 0 Å². The first-order chi connectivity index (χ1) is 14.2. The van der Waals surface area contributed by atoms with E-state index >= 15 is 0 Å². The Kier molecular flexibility index (Phi) is 5.68. The van der Waals surface area contributed by atoms with Crippen LogP contribution in [0.1, 0.15) is 24.1 Å². The van der Waals surface area contributed by atoms with Crippen molar-refractivity contribution in [3.63, 3.8) is 0 Å². The summed E-state index contributed by atoms with van der Waals surface area (Å²) in [5.41, 5.74) is 3.36. The Morgan fingerprint density at radius 2 is 2.03 bits per heavy atom. The van der Waals surface area contributed by atoms with Crippen molar-refractivity contribution in [3.8, 4) is 23.1 Å². The number of benzene rings is 1. The molecule has 3 aromatic rings. The largest absolute Gasteiger partial charge is 0.496 e. The molecule has 0 amide bonds. The number of H-pyrrole nitrogens is 1. The number of rotatable bonds is 6. The minimum Gasteiger partial charge on any atom is -0.496 e. The fourth-order valence-electron chi connectivity index (χ4n) is 3.61. The molecular formula is C21H23N7O. The maximum absolute atomic E-state index is 8.80. The number of nitriles is 1. The predicted octanol–water partition coefficient (Wildman–Crippen LogP) is 3.03. The van der Waals surface area contributed by atoms with Crippen LogP contribution < -0.4 is 15.4 Å². The van der Waals surface area contributed by atoms with Crippen molar-refractivity contribution in [2.24, 2.45) is 5.92 Å². The standard InChI is InChI=1S/C21H23N7O/c1-29-19-9-15(8-14-4-6-23-7-5-14)2-3-17(19)18-10-20(28-27-18)26-21-13-24-16(11-22)12-25-21/h2-3,9-10,12-14,23H,4-8H2,1H3,(H2,25,26,27,28). The Morgan fingerprint density at radius 3 is 2.76 bits per heavy atom. The molecule has 29 heavy (non-hydrogen) atoms. The monoisotopic (exact) mass is 389 g/mol. The number of aromatic nitrogens is 4. The van der Waals surface area contributed by atoms with E-state index in [0.29, 0.717) is 11.6 Å². The number of anilines is 2. The van der Waals surface area contributed by atoms with Crippen LogP contribution in [0.3, 0.4) is 0 Å². The maximum Gasteiger partial charge on any atom is 0.158 e. The van der Waals surface area contributed by atoms with Crippen molar-refractivity contribution in [1.82, 2.24) is 25.5 Å². The number of nitrogens with one attached hydrogen (secondary N) is 3. The Balaban J connectivity index is 1.49. The number of aromatic amines is 1. The molecule has 3 N–H and O–H groups in total. The molecule has 0 bridgehead atoms. The van der Waals surface area contributed by atoms with Crippen molar-refractivity contribution in [2.45, 2.75) is 19.3 Å². The van der Waals surface area contributed by atoms with Gasteiger partial charge in [-0.3, -0.25) is 5.10 Å². The molecule has 8 heteroatoms. The summed E-state index contributed by atoms with van der Waals surface area (Å²) >= 11 is 0. The molecular weight excluding hydrogens is 366 g/mol. The summed E-state index contributed by atoms with van der Waals surface area (Å²) < 4.78 is 5.65. The highest BCUT2D eigenvalue weighted by Gasteiger charge is 2.16. The zero-order valence-electron chi connectivity index (χ0n) is 16.3. The summed E-state index contributed by atoms with van der Waals surface area (Å²) in [6, 6.07) is 10.2. The van der Waals surface area contributed by atoms with E-state index in [4.69, 9.17) is 10.00 Å². The number of hydrogen-bond acceptors (Lipinski definition) is 7.